The Morgan fingerprint density at radius 1 is 1.26 bits per heavy atom. The molecule has 0 radical (unpaired) electrons. The minimum Gasteiger partial charge on any atom is -0.478 e. The SMILES string of the molecule is COc1nn(C(C)C)cc1Nc1ncc(F)c(OC[C@H]2CC[C@H](C)CC2)n1. The molecule has 1 aliphatic carbocycles. The number of nitrogens with zero attached hydrogens (tertiary/aromatic N) is 4. The predicted octanol–water partition coefficient (Wildman–Crippen LogP) is 4.35. The van der Waals surface area contributed by atoms with Crippen molar-refractivity contribution in [2.75, 3.05) is 19.0 Å². The summed E-state index contributed by atoms with van der Waals surface area (Å²) in [5, 5.41) is 7.37. The molecule has 2 aromatic rings. The first-order valence-electron chi connectivity index (χ1n) is 9.51. The summed E-state index contributed by atoms with van der Waals surface area (Å²) >= 11 is 0. The number of hydrogen-bond donors (Lipinski definition) is 1. The van der Waals surface area contributed by atoms with Gasteiger partial charge in [-0.1, -0.05) is 19.8 Å². The minimum absolute atomic E-state index is 0.0265. The molecular weight excluding hydrogens is 349 g/mol. The van der Waals surface area contributed by atoms with Crippen LogP contribution in [0.5, 0.6) is 11.8 Å². The molecule has 1 fully saturated rings. The zero-order valence-corrected chi connectivity index (χ0v) is 16.4. The van der Waals surface area contributed by atoms with Gasteiger partial charge in [0.1, 0.15) is 5.69 Å². The molecule has 0 bridgehead atoms. The Labute approximate surface area is 159 Å². The predicted molar refractivity (Wildman–Crippen MR) is 101 cm³/mol. The quantitative estimate of drug-likeness (QED) is 0.773. The normalized spacial score (nSPS) is 19.9. The summed E-state index contributed by atoms with van der Waals surface area (Å²) in [5.41, 5.74) is 0.616. The van der Waals surface area contributed by atoms with Crippen LogP contribution in [0.4, 0.5) is 16.0 Å². The van der Waals surface area contributed by atoms with Gasteiger partial charge in [-0.25, -0.2) is 4.98 Å². The Morgan fingerprint density at radius 3 is 2.67 bits per heavy atom. The van der Waals surface area contributed by atoms with E-state index in [1.807, 2.05) is 13.8 Å². The van der Waals surface area contributed by atoms with Gasteiger partial charge in [-0.2, -0.15) is 9.37 Å². The molecule has 27 heavy (non-hydrogen) atoms. The van der Waals surface area contributed by atoms with E-state index in [4.69, 9.17) is 9.47 Å². The Morgan fingerprint density at radius 2 is 2.00 bits per heavy atom. The van der Waals surface area contributed by atoms with Gasteiger partial charge in [0.05, 0.1) is 26.1 Å². The molecule has 2 aromatic heterocycles. The first kappa shape index (κ1) is 19.4. The van der Waals surface area contributed by atoms with Gasteiger partial charge >= 0.3 is 0 Å². The van der Waals surface area contributed by atoms with E-state index < -0.39 is 5.82 Å². The monoisotopic (exact) mass is 377 g/mol. The Hall–Kier alpha value is -2.38. The third-order valence-corrected chi connectivity index (χ3v) is 4.97. The van der Waals surface area contributed by atoms with Crippen LogP contribution < -0.4 is 14.8 Å². The van der Waals surface area contributed by atoms with Gasteiger partial charge in [0.25, 0.3) is 11.8 Å². The maximum Gasteiger partial charge on any atom is 0.256 e. The summed E-state index contributed by atoms with van der Waals surface area (Å²) in [6.07, 6.45) is 7.56. The Bertz CT molecular complexity index is 757. The third kappa shape index (κ3) is 4.87. The van der Waals surface area contributed by atoms with Crippen LogP contribution >= 0.6 is 0 Å². The van der Waals surface area contributed by atoms with Gasteiger partial charge in [-0.15, -0.1) is 5.10 Å². The van der Waals surface area contributed by atoms with E-state index in [9.17, 15) is 4.39 Å². The largest absolute Gasteiger partial charge is 0.478 e. The molecule has 148 valence electrons. The molecule has 1 saturated carbocycles. The highest BCUT2D eigenvalue weighted by Gasteiger charge is 2.20. The zero-order chi connectivity index (χ0) is 19.4. The highest BCUT2D eigenvalue weighted by molar-refractivity contribution is 5.59. The molecule has 7 nitrogen and oxygen atoms in total. The van der Waals surface area contributed by atoms with Crippen molar-refractivity contribution in [3.63, 3.8) is 0 Å². The topological polar surface area (TPSA) is 74.1 Å². The van der Waals surface area contributed by atoms with E-state index in [0.717, 1.165) is 25.0 Å². The summed E-state index contributed by atoms with van der Waals surface area (Å²) in [5.74, 6) is 1.31. The van der Waals surface area contributed by atoms with Crippen LogP contribution in [-0.4, -0.2) is 33.5 Å². The molecule has 0 amide bonds. The summed E-state index contributed by atoms with van der Waals surface area (Å²) in [7, 11) is 1.54. The highest BCUT2D eigenvalue weighted by Crippen LogP contribution is 2.30. The molecule has 8 heteroatoms. The minimum atomic E-state index is -0.561. The van der Waals surface area contributed by atoms with Crippen LogP contribution in [-0.2, 0) is 0 Å². The van der Waals surface area contributed by atoms with Crippen LogP contribution in [0.25, 0.3) is 0 Å². The number of ether oxygens (including phenoxy) is 2. The van der Waals surface area contributed by atoms with Gasteiger partial charge in [0.15, 0.2) is 0 Å². The zero-order valence-electron chi connectivity index (χ0n) is 16.4. The van der Waals surface area contributed by atoms with Crippen LogP contribution in [0, 0.1) is 17.7 Å². The maximum atomic E-state index is 14.1. The first-order valence-corrected chi connectivity index (χ1v) is 9.51. The van der Waals surface area contributed by atoms with Crippen LogP contribution in [0.15, 0.2) is 12.4 Å². The molecular formula is C19H28FN5O2. The van der Waals surface area contributed by atoms with Crippen molar-refractivity contribution in [2.45, 2.75) is 52.5 Å². The third-order valence-electron chi connectivity index (χ3n) is 4.97. The second-order valence-electron chi connectivity index (χ2n) is 7.53. The first-order chi connectivity index (χ1) is 13.0. The van der Waals surface area contributed by atoms with Crippen molar-refractivity contribution in [3.8, 4) is 11.8 Å². The van der Waals surface area contributed by atoms with Crippen molar-refractivity contribution >= 4 is 11.6 Å². The highest BCUT2D eigenvalue weighted by atomic mass is 19.1. The lowest BCUT2D eigenvalue weighted by molar-refractivity contribution is 0.178. The van der Waals surface area contributed by atoms with E-state index in [1.54, 1.807) is 18.0 Å². The van der Waals surface area contributed by atoms with Gasteiger partial charge in [-0.05, 0) is 38.5 Å². The number of halogens is 1. The standard InChI is InChI=1S/C19H28FN5O2/c1-12(2)25-10-16(18(24-25)26-4)22-19-21-9-15(20)17(23-19)27-11-14-7-5-13(3)6-8-14/h9-10,12-14H,5-8,11H2,1-4H3,(H,21,22,23)/t13-,14-. The van der Waals surface area contributed by atoms with Crippen molar-refractivity contribution in [2.24, 2.45) is 11.8 Å². The van der Waals surface area contributed by atoms with E-state index in [2.05, 4.69) is 27.3 Å². The van der Waals surface area contributed by atoms with Crippen LogP contribution in [0.3, 0.4) is 0 Å². The fourth-order valence-corrected chi connectivity index (χ4v) is 3.20. The number of rotatable bonds is 7. The number of hydrogen-bond acceptors (Lipinski definition) is 6. The maximum absolute atomic E-state index is 14.1. The second-order valence-corrected chi connectivity index (χ2v) is 7.53. The van der Waals surface area contributed by atoms with E-state index in [-0.39, 0.29) is 17.9 Å². The molecule has 0 aliphatic heterocycles. The summed E-state index contributed by atoms with van der Waals surface area (Å²) in [6.45, 7) is 6.79. The lowest BCUT2D eigenvalue weighted by Crippen LogP contribution is -2.19. The summed E-state index contributed by atoms with van der Waals surface area (Å²) in [6, 6.07) is 0.181. The van der Waals surface area contributed by atoms with Crippen LogP contribution in [0.1, 0.15) is 52.5 Å². The molecule has 2 heterocycles. The molecule has 0 aromatic carbocycles. The summed E-state index contributed by atoms with van der Waals surface area (Å²) in [4.78, 5) is 8.18. The number of nitrogens with one attached hydrogen (secondary N) is 1. The van der Waals surface area contributed by atoms with Crippen LogP contribution in [0.2, 0.25) is 0 Å². The Kier molecular flexibility index (Phi) is 6.13. The number of aromatic nitrogens is 4. The van der Waals surface area contributed by atoms with Gasteiger partial charge in [0.2, 0.25) is 11.8 Å². The lowest BCUT2D eigenvalue weighted by atomic mass is 9.83. The van der Waals surface area contributed by atoms with E-state index in [1.165, 1.54) is 12.8 Å². The van der Waals surface area contributed by atoms with Crippen molar-refractivity contribution in [3.05, 3.63) is 18.2 Å². The smallest absolute Gasteiger partial charge is 0.256 e. The fourth-order valence-electron chi connectivity index (χ4n) is 3.20. The van der Waals surface area contributed by atoms with Crippen molar-refractivity contribution in [1.82, 2.24) is 19.7 Å². The average Bonchev–Trinajstić information content (AvgIpc) is 3.06. The fraction of sp³-hybridized carbons (Fsp3) is 0.632. The van der Waals surface area contributed by atoms with Gasteiger partial charge in [-0.3, -0.25) is 4.68 Å². The van der Waals surface area contributed by atoms with Gasteiger partial charge in [0, 0.05) is 6.04 Å². The summed E-state index contributed by atoms with van der Waals surface area (Å²) < 4.78 is 26.8. The molecule has 0 atom stereocenters. The molecule has 0 spiro atoms. The second kappa shape index (κ2) is 8.54. The van der Waals surface area contributed by atoms with Crippen molar-refractivity contribution in [1.29, 1.82) is 0 Å². The molecule has 1 aliphatic rings. The molecule has 0 unspecified atom stereocenters. The lowest BCUT2D eigenvalue weighted by Gasteiger charge is -2.25. The van der Waals surface area contributed by atoms with Crippen molar-refractivity contribution < 1.29 is 13.9 Å². The molecule has 0 saturated heterocycles. The molecule has 1 N–H and O–H groups in total. The van der Waals surface area contributed by atoms with E-state index >= 15 is 0 Å². The average molecular weight is 377 g/mol. The molecule has 3 rings (SSSR count). The van der Waals surface area contributed by atoms with E-state index in [0.29, 0.717) is 24.1 Å². The Balaban J connectivity index is 1.68. The number of anilines is 2. The van der Waals surface area contributed by atoms with Gasteiger partial charge < -0.3 is 14.8 Å². The number of methoxy groups -OCH3 is 1.